The summed E-state index contributed by atoms with van der Waals surface area (Å²) in [6.45, 7) is 20.6. The van der Waals surface area contributed by atoms with Gasteiger partial charge in [0.2, 0.25) is 6.29 Å². The van der Waals surface area contributed by atoms with Gasteiger partial charge in [0.1, 0.15) is 16.1 Å². The highest BCUT2D eigenvalue weighted by Gasteiger charge is 2.23. The molecule has 0 unspecified atom stereocenters. The van der Waals surface area contributed by atoms with E-state index in [1.165, 1.54) is 0 Å². The van der Waals surface area contributed by atoms with Gasteiger partial charge in [0.25, 0.3) is 0 Å². The van der Waals surface area contributed by atoms with Crippen LogP contribution >= 0.6 is 0 Å². The van der Waals surface area contributed by atoms with Gasteiger partial charge < -0.3 is 9.47 Å². The summed E-state index contributed by atoms with van der Waals surface area (Å²) in [5.41, 5.74) is 4.58. The molecular weight excluding hydrogens is 557 g/mol. The van der Waals surface area contributed by atoms with Gasteiger partial charge in [0, 0.05) is 26.2 Å². The molecule has 0 bridgehead atoms. The van der Waals surface area contributed by atoms with E-state index in [4.69, 9.17) is 29.0 Å². The summed E-state index contributed by atoms with van der Waals surface area (Å²) in [7, 11) is -3.51. The van der Waals surface area contributed by atoms with Crippen molar-refractivity contribution in [3.63, 3.8) is 0 Å². The Kier molecular flexibility index (Phi) is 14.4. The first-order valence-corrected chi connectivity index (χ1v) is 20.1. The van der Waals surface area contributed by atoms with E-state index in [0.29, 0.717) is 30.9 Å². The molecule has 0 aliphatic rings. The van der Waals surface area contributed by atoms with Crippen molar-refractivity contribution in [1.29, 1.82) is 0 Å². The number of carbonyl (C=O) groups excluding carboxylic acids is 2. The minimum absolute atomic E-state index is 0.145. The lowest BCUT2D eigenvalue weighted by atomic mass is 10.2. The summed E-state index contributed by atoms with van der Waals surface area (Å²) in [6, 6.07) is 14.3. The molecule has 0 spiro atoms. The molecule has 10 heteroatoms. The fourth-order valence-corrected chi connectivity index (χ4v) is 6.02. The molecule has 0 radical (unpaired) electrons. The number of ether oxygens (including phenoxy) is 2. The van der Waals surface area contributed by atoms with Crippen molar-refractivity contribution in [2.24, 2.45) is 0 Å². The van der Waals surface area contributed by atoms with Gasteiger partial charge in [-0.1, -0.05) is 79.1 Å². The molecule has 2 aromatic carbocycles. The Morgan fingerprint density at radius 1 is 0.707 bits per heavy atom. The van der Waals surface area contributed by atoms with E-state index in [0.717, 1.165) is 23.2 Å². The summed E-state index contributed by atoms with van der Waals surface area (Å²) in [4.78, 5) is 45.7. The Bertz CT molecular complexity index is 1030. The van der Waals surface area contributed by atoms with Crippen LogP contribution in [0.1, 0.15) is 46.9 Å². The molecule has 0 atom stereocenters. The molecule has 0 fully saturated rings. The largest absolute Gasteiger partial charge is 0.381 e. The third kappa shape index (κ3) is 11.5. The maximum atomic E-state index is 12.6. The highest BCUT2D eigenvalue weighted by atomic mass is 28.3. The minimum atomic E-state index is -1.76. The van der Waals surface area contributed by atoms with E-state index in [2.05, 4.69) is 46.3 Å². The van der Waals surface area contributed by atoms with E-state index in [9.17, 15) is 9.59 Å². The van der Waals surface area contributed by atoms with Crippen LogP contribution in [0.5, 0.6) is 0 Å². The Balaban J connectivity index is 1.96. The minimum Gasteiger partial charge on any atom is -0.381 e. The maximum Gasteiger partial charge on any atom is 0.373 e. The van der Waals surface area contributed by atoms with Crippen molar-refractivity contribution in [2.75, 3.05) is 26.4 Å². The average Bonchev–Trinajstić information content (AvgIpc) is 2.99. The molecular formula is C31H44O8Si2. The van der Waals surface area contributed by atoms with Crippen LogP contribution in [0.15, 0.2) is 73.1 Å². The van der Waals surface area contributed by atoms with E-state index < -0.39 is 34.4 Å². The van der Waals surface area contributed by atoms with E-state index in [1.54, 1.807) is 24.3 Å². The fourth-order valence-electron chi connectivity index (χ4n) is 3.50. The van der Waals surface area contributed by atoms with Crippen LogP contribution in [0.25, 0.3) is 0 Å². The molecule has 0 aromatic heterocycles. The van der Waals surface area contributed by atoms with E-state index >= 15 is 0 Å². The lowest BCUT2D eigenvalue weighted by molar-refractivity contribution is -0.422. The zero-order valence-corrected chi connectivity index (χ0v) is 27.0. The van der Waals surface area contributed by atoms with E-state index in [-0.39, 0.29) is 13.0 Å². The van der Waals surface area contributed by atoms with Gasteiger partial charge in [-0.05, 0) is 37.1 Å². The molecule has 0 aliphatic carbocycles. The topological polar surface area (TPSA) is 89.5 Å². The molecule has 0 heterocycles. The molecule has 0 saturated carbocycles. The fraction of sp³-hybridized carbons (Fsp3) is 0.419. The van der Waals surface area contributed by atoms with Crippen LogP contribution in [0.3, 0.4) is 0 Å². The normalized spacial score (nSPS) is 11.8. The van der Waals surface area contributed by atoms with Crippen molar-refractivity contribution in [3.8, 4) is 0 Å². The second-order valence-electron chi connectivity index (χ2n) is 10.7. The third-order valence-electron chi connectivity index (χ3n) is 6.64. The predicted octanol–water partition coefficient (Wildman–Crippen LogP) is 5.39. The molecule has 0 saturated heterocycles. The van der Waals surface area contributed by atoms with E-state index in [1.807, 2.05) is 35.7 Å². The highest BCUT2D eigenvalue weighted by Crippen LogP contribution is 2.12. The third-order valence-corrected chi connectivity index (χ3v) is 12.3. The Morgan fingerprint density at radius 3 is 1.51 bits per heavy atom. The number of benzene rings is 2. The number of rotatable bonds is 19. The van der Waals surface area contributed by atoms with Crippen molar-refractivity contribution in [3.05, 3.63) is 84.2 Å². The van der Waals surface area contributed by atoms with Gasteiger partial charge in [-0.15, -0.1) is 22.9 Å². The Hall–Kier alpha value is -2.87. The standard InChI is InChI=1S/C31H44O8Si2/c1-8-21-34-22-11-23-35-24-20-29(36-38-30(32)25-12-16-27(17-13-25)40(4,5)9-2)37-39-31(33)26-14-18-28(19-15-26)41(6,7)10-3/h9-10,12-19,29H,2-3,8,11,20-24H2,1,4-7H3. The first-order chi connectivity index (χ1) is 19.5. The van der Waals surface area contributed by atoms with Crippen LogP contribution < -0.4 is 10.4 Å². The van der Waals surface area contributed by atoms with Crippen molar-refractivity contribution < 1.29 is 38.6 Å². The SMILES string of the molecule is C=C[Si](C)(C)c1ccc(C(=O)OOC(CCOCCCOCCC)OOC(=O)c2ccc([Si](C)(C)C=C)cc2)cc1. The molecule has 0 aliphatic heterocycles. The number of hydrogen-bond donors (Lipinski definition) is 0. The summed E-state index contributed by atoms with van der Waals surface area (Å²) in [5.74, 6) is -1.40. The average molecular weight is 601 g/mol. The maximum absolute atomic E-state index is 12.6. The Morgan fingerprint density at radius 2 is 1.12 bits per heavy atom. The van der Waals surface area contributed by atoms with Crippen LogP contribution in [0, 0.1) is 0 Å². The van der Waals surface area contributed by atoms with Gasteiger partial charge in [0.15, 0.2) is 0 Å². The zero-order valence-electron chi connectivity index (χ0n) is 25.0. The summed E-state index contributed by atoms with van der Waals surface area (Å²) in [6.07, 6.45) is 0.648. The Labute approximate surface area is 246 Å². The molecule has 0 amide bonds. The summed E-state index contributed by atoms with van der Waals surface area (Å²) >= 11 is 0. The van der Waals surface area contributed by atoms with Gasteiger partial charge >= 0.3 is 11.9 Å². The molecule has 2 rings (SSSR count). The first-order valence-electron chi connectivity index (χ1n) is 13.9. The van der Waals surface area contributed by atoms with Crippen LogP contribution in [-0.4, -0.2) is 60.8 Å². The quantitative estimate of drug-likeness (QED) is 0.0697. The zero-order chi connectivity index (χ0) is 30.3. The van der Waals surface area contributed by atoms with Gasteiger partial charge in [-0.25, -0.2) is 9.59 Å². The monoisotopic (exact) mass is 600 g/mol. The second-order valence-corrected chi connectivity index (χ2v) is 19.6. The summed E-state index contributed by atoms with van der Waals surface area (Å²) in [5, 5.41) is 2.28. The smallest absolute Gasteiger partial charge is 0.373 e. The predicted molar refractivity (Wildman–Crippen MR) is 165 cm³/mol. The van der Waals surface area contributed by atoms with Gasteiger partial charge in [-0.2, -0.15) is 0 Å². The first kappa shape index (κ1) is 34.3. The molecule has 2 aromatic rings. The van der Waals surface area contributed by atoms with Gasteiger partial charge in [-0.3, -0.25) is 9.78 Å². The molecule has 0 N–H and O–H groups in total. The van der Waals surface area contributed by atoms with Crippen molar-refractivity contribution in [1.82, 2.24) is 0 Å². The number of carbonyl (C=O) groups is 2. The lowest BCUT2D eigenvalue weighted by Crippen LogP contribution is -2.39. The van der Waals surface area contributed by atoms with Crippen LogP contribution in [-0.2, 0) is 29.0 Å². The number of hydrogen-bond acceptors (Lipinski definition) is 8. The van der Waals surface area contributed by atoms with Crippen molar-refractivity contribution >= 4 is 38.5 Å². The van der Waals surface area contributed by atoms with Crippen molar-refractivity contribution in [2.45, 2.75) is 58.7 Å². The van der Waals surface area contributed by atoms with Gasteiger partial charge in [0.05, 0.1) is 17.7 Å². The molecule has 41 heavy (non-hydrogen) atoms. The molecule has 224 valence electrons. The second kappa shape index (κ2) is 17.2. The van der Waals surface area contributed by atoms with Crippen LogP contribution in [0.2, 0.25) is 26.2 Å². The summed E-state index contributed by atoms with van der Waals surface area (Å²) < 4.78 is 11.0. The highest BCUT2D eigenvalue weighted by molar-refractivity contribution is 6.94. The van der Waals surface area contributed by atoms with Crippen LogP contribution in [0.4, 0.5) is 0 Å². The lowest BCUT2D eigenvalue weighted by Gasteiger charge is -2.18. The molecule has 8 nitrogen and oxygen atoms in total.